The van der Waals surface area contributed by atoms with Crippen molar-refractivity contribution in [2.45, 2.75) is 6.42 Å². The largest absolute Gasteiger partial charge is 0.337 e. The molecule has 0 spiro atoms. The second-order valence-electron chi connectivity index (χ2n) is 4.71. The van der Waals surface area contributed by atoms with Gasteiger partial charge in [-0.1, -0.05) is 0 Å². The molecule has 118 valence electrons. The molecule has 0 aliphatic rings. The van der Waals surface area contributed by atoms with Gasteiger partial charge in [0.1, 0.15) is 5.82 Å². The van der Waals surface area contributed by atoms with Gasteiger partial charge in [-0.3, -0.25) is 0 Å². The lowest BCUT2D eigenvalue weighted by atomic mass is 10.3. The first-order valence-electron chi connectivity index (χ1n) is 6.95. The number of nitrogens with one attached hydrogen (secondary N) is 2. The van der Waals surface area contributed by atoms with E-state index in [1.54, 1.807) is 10.9 Å². The van der Waals surface area contributed by atoms with E-state index >= 15 is 0 Å². The number of urea groups is 1. The van der Waals surface area contributed by atoms with Gasteiger partial charge in [0.15, 0.2) is 0 Å². The van der Waals surface area contributed by atoms with Crippen LogP contribution in [0.3, 0.4) is 0 Å². The van der Waals surface area contributed by atoms with Crippen molar-refractivity contribution < 1.29 is 9.18 Å². The van der Waals surface area contributed by atoms with E-state index in [0.717, 1.165) is 10.8 Å². The van der Waals surface area contributed by atoms with Crippen molar-refractivity contribution in [1.82, 2.24) is 20.1 Å². The second-order valence-corrected chi connectivity index (χ2v) is 5.55. The molecule has 0 bridgehead atoms. The van der Waals surface area contributed by atoms with E-state index in [2.05, 4.69) is 20.7 Å². The monoisotopic (exact) mass is 331 g/mol. The van der Waals surface area contributed by atoms with E-state index in [1.165, 1.54) is 35.6 Å². The Labute approximate surface area is 136 Å². The van der Waals surface area contributed by atoms with Crippen LogP contribution in [0.4, 0.5) is 14.9 Å². The zero-order valence-electron chi connectivity index (χ0n) is 12.1. The highest BCUT2D eigenvalue weighted by atomic mass is 32.1. The van der Waals surface area contributed by atoms with Crippen molar-refractivity contribution in [3.05, 3.63) is 59.6 Å². The molecular weight excluding hydrogens is 317 g/mol. The van der Waals surface area contributed by atoms with Crippen molar-refractivity contribution in [2.24, 2.45) is 0 Å². The van der Waals surface area contributed by atoms with E-state index < -0.39 is 0 Å². The number of halogens is 1. The number of carbonyl (C=O) groups is 1. The van der Waals surface area contributed by atoms with Gasteiger partial charge in [0.2, 0.25) is 5.13 Å². The summed E-state index contributed by atoms with van der Waals surface area (Å²) < 4.78 is 14.5. The maximum absolute atomic E-state index is 12.8. The minimum atomic E-state index is -0.340. The molecule has 0 aliphatic carbocycles. The average Bonchev–Trinajstić information content (AvgIpc) is 3.20. The summed E-state index contributed by atoms with van der Waals surface area (Å²) >= 11 is 1.50. The van der Waals surface area contributed by atoms with Crippen LogP contribution >= 0.6 is 11.3 Å². The Morgan fingerprint density at radius 3 is 2.87 bits per heavy atom. The van der Waals surface area contributed by atoms with Gasteiger partial charge < -0.3 is 10.6 Å². The smallest absolute Gasteiger partial charge is 0.319 e. The fourth-order valence-corrected chi connectivity index (χ4v) is 2.71. The molecule has 2 amide bonds. The number of benzene rings is 1. The van der Waals surface area contributed by atoms with Crippen LogP contribution in [-0.4, -0.2) is 27.3 Å². The zero-order chi connectivity index (χ0) is 16.1. The number of nitrogens with zero attached hydrogens (tertiary/aromatic N) is 3. The van der Waals surface area contributed by atoms with Gasteiger partial charge in [-0.25, -0.2) is 18.9 Å². The molecule has 0 atom stereocenters. The van der Waals surface area contributed by atoms with Crippen LogP contribution in [0.5, 0.6) is 0 Å². The third kappa shape index (κ3) is 4.13. The topological polar surface area (TPSA) is 71.8 Å². The second kappa shape index (κ2) is 7.01. The molecule has 2 aromatic heterocycles. The van der Waals surface area contributed by atoms with Crippen molar-refractivity contribution in [3.63, 3.8) is 0 Å². The van der Waals surface area contributed by atoms with Crippen LogP contribution in [0.15, 0.2) is 48.1 Å². The molecular formula is C15H14FN5OS. The molecule has 2 heterocycles. The Hall–Kier alpha value is -2.74. The molecule has 3 aromatic rings. The summed E-state index contributed by atoms with van der Waals surface area (Å²) in [6.45, 7) is 0.454. The number of hydrogen-bond acceptors (Lipinski definition) is 4. The molecule has 23 heavy (non-hydrogen) atoms. The summed E-state index contributed by atoms with van der Waals surface area (Å²) in [4.78, 5) is 16.2. The average molecular weight is 331 g/mol. The standard InChI is InChI=1S/C15H14FN5OS/c16-11-2-4-12(5-3-11)19-14(22)17-8-6-13-10-23-15(20-13)21-9-1-7-18-21/h1-5,7,9-10H,6,8H2,(H2,17,19,22). The molecule has 0 radical (unpaired) electrons. The van der Waals surface area contributed by atoms with Gasteiger partial charge in [-0.05, 0) is 30.3 Å². The maximum Gasteiger partial charge on any atom is 0.319 e. The van der Waals surface area contributed by atoms with Crippen LogP contribution in [0.2, 0.25) is 0 Å². The summed E-state index contributed by atoms with van der Waals surface area (Å²) in [6, 6.07) is 7.10. The third-order valence-corrected chi connectivity index (χ3v) is 3.89. The number of thiazole rings is 1. The van der Waals surface area contributed by atoms with Crippen molar-refractivity contribution in [1.29, 1.82) is 0 Å². The third-order valence-electron chi connectivity index (χ3n) is 3.01. The lowest BCUT2D eigenvalue weighted by Gasteiger charge is -2.06. The van der Waals surface area contributed by atoms with Gasteiger partial charge >= 0.3 is 6.03 Å². The van der Waals surface area contributed by atoms with E-state index in [-0.39, 0.29) is 11.8 Å². The molecule has 0 saturated heterocycles. The van der Waals surface area contributed by atoms with E-state index in [0.29, 0.717) is 18.7 Å². The van der Waals surface area contributed by atoms with Crippen LogP contribution in [-0.2, 0) is 6.42 Å². The number of anilines is 1. The molecule has 8 heteroatoms. The van der Waals surface area contributed by atoms with Crippen LogP contribution in [0, 0.1) is 5.82 Å². The number of hydrogen-bond donors (Lipinski definition) is 2. The van der Waals surface area contributed by atoms with Crippen LogP contribution in [0.25, 0.3) is 5.13 Å². The number of aromatic nitrogens is 3. The highest BCUT2D eigenvalue weighted by molar-refractivity contribution is 7.12. The number of amides is 2. The van der Waals surface area contributed by atoms with Gasteiger partial charge in [0.25, 0.3) is 0 Å². The summed E-state index contributed by atoms with van der Waals surface area (Å²) in [5.41, 5.74) is 1.43. The Bertz CT molecular complexity index is 770. The van der Waals surface area contributed by atoms with Gasteiger partial charge in [-0.2, -0.15) is 5.10 Å². The molecule has 2 N–H and O–H groups in total. The van der Waals surface area contributed by atoms with E-state index in [9.17, 15) is 9.18 Å². The van der Waals surface area contributed by atoms with Gasteiger partial charge in [-0.15, -0.1) is 11.3 Å². The predicted octanol–water partition coefficient (Wildman–Crippen LogP) is 2.83. The number of rotatable bonds is 5. The number of carbonyl (C=O) groups excluding carboxylic acids is 1. The molecule has 0 fully saturated rings. The van der Waals surface area contributed by atoms with E-state index in [4.69, 9.17) is 0 Å². The van der Waals surface area contributed by atoms with Gasteiger partial charge in [0.05, 0.1) is 5.69 Å². The Morgan fingerprint density at radius 1 is 1.30 bits per heavy atom. The van der Waals surface area contributed by atoms with Crippen LogP contribution < -0.4 is 10.6 Å². The Morgan fingerprint density at radius 2 is 2.13 bits per heavy atom. The molecule has 0 unspecified atom stereocenters. The molecule has 1 aromatic carbocycles. The fourth-order valence-electron chi connectivity index (χ4n) is 1.91. The minimum absolute atomic E-state index is 0.334. The fraction of sp³-hybridized carbons (Fsp3) is 0.133. The Balaban J connectivity index is 1.46. The SMILES string of the molecule is O=C(NCCc1csc(-n2cccn2)n1)Nc1ccc(F)cc1. The lowest BCUT2D eigenvalue weighted by Crippen LogP contribution is -2.30. The molecule has 0 aliphatic heterocycles. The Kier molecular flexibility index (Phi) is 4.62. The predicted molar refractivity (Wildman–Crippen MR) is 86.4 cm³/mol. The van der Waals surface area contributed by atoms with Gasteiger partial charge in [0, 0.05) is 36.4 Å². The summed E-state index contributed by atoms with van der Waals surface area (Å²) in [7, 11) is 0. The summed E-state index contributed by atoms with van der Waals surface area (Å²) in [6.07, 6.45) is 4.15. The minimum Gasteiger partial charge on any atom is -0.337 e. The summed E-state index contributed by atoms with van der Waals surface area (Å²) in [5.74, 6) is -0.340. The normalized spacial score (nSPS) is 10.5. The first kappa shape index (κ1) is 15.2. The van der Waals surface area contributed by atoms with Crippen LogP contribution in [0.1, 0.15) is 5.69 Å². The first-order chi connectivity index (χ1) is 11.2. The van der Waals surface area contributed by atoms with Crippen molar-refractivity contribution in [3.8, 4) is 5.13 Å². The van der Waals surface area contributed by atoms with E-state index in [1.807, 2.05) is 17.6 Å². The molecule has 0 saturated carbocycles. The summed E-state index contributed by atoms with van der Waals surface area (Å²) in [5, 5.41) is 12.2. The zero-order valence-corrected chi connectivity index (χ0v) is 12.9. The lowest BCUT2D eigenvalue weighted by molar-refractivity contribution is 0.252. The first-order valence-corrected chi connectivity index (χ1v) is 7.83. The quantitative estimate of drug-likeness (QED) is 0.755. The maximum atomic E-state index is 12.8. The van der Waals surface area contributed by atoms with Crippen molar-refractivity contribution >= 4 is 23.1 Å². The molecule has 3 rings (SSSR count). The highest BCUT2D eigenvalue weighted by Gasteiger charge is 2.05. The highest BCUT2D eigenvalue weighted by Crippen LogP contribution is 2.14. The molecule has 6 nitrogen and oxygen atoms in total. The van der Waals surface area contributed by atoms with Crippen molar-refractivity contribution in [2.75, 3.05) is 11.9 Å².